The lowest BCUT2D eigenvalue weighted by Crippen LogP contribution is -2.25. The molecule has 1 aromatic carbocycles. The molecule has 0 heterocycles. The van der Waals surface area contributed by atoms with E-state index in [4.69, 9.17) is 0 Å². The monoisotopic (exact) mass is 243 g/mol. The van der Waals surface area contributed by atoms with E-state index in [0.29, 0.717) is 0 Å². The Labute approximate surface area is 111 Å². The van der Waals surface area contributed by atoms with E-state index in [1.807, 2.05) is 0 Å². The van der Waals surface area contributed by atoms with Gasteiger partial charge in [-0.3, -0.25) is 0 Å². The van der Waals surface area contributed by atoms with Crippen molar-refractivity contribution in [2.24, 2.45) is 17.8 Å². The van der Waals surface area contributed by atoms with Crippen LogP contribution in [0.5, 0.6) is 0 Å². The van der Waals surface area contributed by atoms with Crippen molar-refractivity contribution in [3.8, 4) is 0 Å². The molecule has 0 spiro atoms. The minimum Gasteiger partial charge on any atom is -0.312 e. The van der Waals surface area contributed by atoms with Crippen LogP contribution >= 0.6 is 0 Å². The zero-order chi connectivity index (χ0) is 12.5. The van der Waals surface area contributed by atoms with Crippen molar-refractivity contribution in [1.29, 1.82) is 0 Å². The van der Waals surface area contributed by atoms with Crippen LogP contribution in [0.1, 0.15) is 42.4 Å². The lowest BCUT2D eigenvalue weighted by atomic mass is 9.97. The van der Waals surface area contributed by atoms with Crippen LogP contribution in [0.25, 0.3) is 0 Å². The number of nitrogens with one attached hydrogen (secondary N) is 1. The first kappa shape index (κ1) is 12.2. The molecular formula is C17H25N. The van der Waals surface area contributed by atoms with Crippen molar-refractivity contribution in [3.63, 3.8) is 0 Å². The Kier molecular flexibility index (Phi) is 3.43. The summed E-state index contributed by atoms with van der Waals surface area (Å²) in [7, 11) is 0. The maximum Gasteiger partial charge on any atom is 0.0210 e. The third-order valence-corrected chi connectivity index (χ3v) is 4.78. The number of aryl methyl sites for hydroxylation is 2. The number of hydrogen-bond acceptors (Lipinski definition) is 1. The van der Waals surface area contributed by atoms with E-state index in [-0.39, 0.29) is 0 Å². The summed E-state index contributed by atoms with van der Waals surface area (Å²) in [5.41, 5.74) is 4.36. The number of hydrogen-bond donors (Lipinski definition) is 1. The normalized spacial score (nSPS) is 19.5. The topological polar surface area (TPSA) is 12.0 Å². The molecule has 1 heteroatoms. The SMILES string of the molecule is Cc1cccc(C)c1CNCC(C1CC1)C1CC1. The largest absolute Gasteiger partial charge is 0.312 e. The molecule has 18 heavy (non-hydrogen) atoms. The summed E-state index contributed by atoms with van der Waals surface area (Å²) in [6, 6.07) is 6.61. The van der Waals surface area contributed by atoms with Crippen LogP contribution in [0.4, 0.5) is 0 Å². The van der Waals surface area contributed by atoms with E-state index in [9.17, 15) is 0 Å². The van der Waals surface area contributed by atoms with Gasteiger partial charge in [0, 0.05) is 6.54 Å². The molecule has 0 amide bonds. The highest BCUT2D eigenvalue weighted by molar-refractivity contribution is 5.33. The van der Waals surface area contributed by atoms with Gasteiger partial charge in [-0.05, 0) is 80.5 Å². The minimum absolute atomic E-state index is 0.981. The predicted octanol–water partition coefficient (Wildman–Crippen LogP) is 3.83. The van der Waals surface area contributed by atoms with Gasteiger partial charge in [-0.2, -0.15) is 0 Å². The molecule has 2 aliphatic carbocycles. The fraction of sp³-hybridized carbons (Fsp3) is 0.647. The predicted molar refractivity (Wildman–Crippen MR) is 76.6 cm³/mol. The first-order valence-corrected chi connectivity index (χ1v) is 7.51. The van der Waals surface area contributed by atoms with Gasteiger partial charge in [-0.1, -0.05) is 18.2 Å². The number of benzene rings is 1. The standard InChI is InChI=1S/C17H25N/c1-12-4-3-5-13(2)16(12)10-18-11-17(14-6-7-14)15-8-9-15/h3-5,14-15,17-18H,6-11H2,1-2H3. The van der Waals surface area contributed by atoms with Crippen molar-refractivity contribution in [3.05, 3.63) is 34.9 Å². The van der Waals surface area contributed by atoms with Gasteiger partial charge < -0.3 is 5.32 Å². The third-order valence-electron chi connectivity index (χ3n) is 4.78. The van der Waals surface area contributed by atoms with Crippen LogP contribution in [-0.4, -0.2) is 6.54 Å². The molecule has 0 aliphatic heterocycles. The molecule has 0 radical (unpaired) electrons. The summed E-state index contributed by atoms with van der Waals surface area (Å²) in [4.78, 5) is 0. The smallest absolute Gasteiger partial charge is 0.0210 e. The summed E-state index contributed by atoms with van der Waals surface area (Å²) < 4.78 is 0. The first-order chi connectivity index (χ1) is 8.75. The Hall–Kier alpha value is -0.820. The highest BCUT2D eigenvalue weighted by Crippen LogP contribution is 2.48. The molecule has 1 nitrogen and oxygen atoms in total. The van der Waals surface area contributed by atoms with Gasteiger partial charge >= 0.3 is 0 Å². The average molecular weight is 243 g/mol. The molecule has 98 valence electrons. The molecule has 0 aromatic heterocycles. The van der Waals surface area contributed by atoms with Crippen LogP contribution in [0.15, 0.2) is 18.2 Å². The third kappa shape index (κ3) is 2.77. The van der Waals surface area contributed by atoms with Crippen molar-refractivity contribution in [1.82, 2.24) is 5.32 Å². The molecule has 3 rings (SSSR count). The lowest BCUT2D eigenvalue weighted by molar-refractivity contribution is 0.378. The van der Waals surface area contributed by atoms with Crippen LogP contribution in [-0.2, 0) is 6.54 Å². The van der Waals surface area contributed by atoms with Gasteiger partial charge in [0.2, 0.25) is 0 Å². The van der Waals surface area contributed by atoms with Crippen molar-refractivity contribution in [2.75, 3.05) is 6.54 Å². The Balaban J connectivity index is 1.54. The van der Waals surface area contributed by atoms with Crippen molar-refractivity contribution in [2.45, 2.75) is 46.1 Å². The molecule has 0 unspecified atom stereocenters. The molecule has 0 saturated heterocycles. The Morgan fingerprint density at radius 3 is 2.11 bits per heavy atom. The second kappa shape index (κ2) is 5.05. The van der Waals surface area contributed by atoms with Gasteiger partial charge in [0.25, 0.3) is 0 Å². The Bertz CT molecular complexity index is 383. The first-order valence-electron chi connectivity index (χ1n) is 7.51. The lowest BCUT2D eigenvalue weighted by Gasteiger charge is -2.17. The van der Waals surface area contributed by atoms with E-state index in [2.05, 4.69) is 37.4 Å². The van der Waals surface area contributed by atoms with E-state index in [1.54, 1.807) is 0 Å². The van der Waals surface area contributed by atoms with Gasteiger partial charge in [-0.15, -0.1) is 0 Å². The molecule has 2 fully saturated rings. The highest BCUT2D eigenvalue weighted by Gasteiger charge is 2.40. The zero-order valence-electron chi connectivity index (χ0n) is 11.7. The fourth-order valence-corrected chi connectivity index (χ4v) is 3.26. The van der Waals surface area contributed by atoms with Crippen LogP contribution < -0.4 is 5.32 Å². The zero-order valence-corrected chi connectivity index (χ0v) is 11.7. The second-order valence-corrected chi connectivity index (χ2v) is 6.34. The Morgan fingerprint density at radius 2 is 1.61 bits per heavy atom. The van der Waals surface area contributed by atoms with Gasteiger partial charge in [0.15, 0.2) is 0 Å². The summed E-state index contributed by atoms with van der Waals surface area (Å²) in [5.74, 6) is 3.10. The van der Waals surface area contributed by atoms with Crippen LogP contribution in [0.3, 0.4) is 0 Å². The quantitative estimate of drug-likeness (QED) is 0.800. The minimum atomic E-state index is 0.981. The summed E-state index contributed by atoms with van der Waals surface area (Å²) in [5, 5.41) is 3.73. The molecule has 2 aliphatic rings. The van der Waals surface area contributed by atoms with E-state index in [1.165, 1.54) is 48.9 Å². The summed E-state index contributed by atoms with van der Waals surface area (Å²) in [6.07, 6.45) is 5.97. The fourth-order valence-electron chi connectivity index (χ4n) is 3.26. The van der Waals surface area contributed by atoms with E-state index in [0.717, 1.165) is 24.3 Å². The van der Waals surface area contributed by atoms with Crippen molar-refractivity contribution < 1.29 is 0 Å². The van der Waals surface area contributed by atoms with Crippen LogP contribution in [0, 0.1) is 31.6 Å². The maximum absolute atomic E-state index is 3.73. The molecule has 1 aromatic rings. The molecule has 1 N–H and O–H groups in total. The summed E-state index contributed by atoms with van der Waals surface area (Å²) >= 11 is 0. The second-order valence-electron chi connectivity index (χ2n) is 6.34. The van der Waals surface area contributed by atoms with Crippen LogP contribution in [0.2, 0.25) is 0 Å². The highest BCUT2D eigenvalue weighted by atomic mass is 14.9. The molecule has 0 atom stereocenters. The van der Waals surface area contributed by atoms with Gasteiger partial charge in [-0.25, -0.2) is 0 Å². The Morgan fingerprint density at radius 1 is 1.06 bits per heavy atom. The molecule has 2 saturated carbocycles. The van der Waals surface area contributed by atoms with E-state index >= 15 is 0 Å². The summed E-state index contributed by atoms with van der Waals surface area (Å²) in [6.45, 7) is 6.74. The van der Waals surface area contributed by atoms with Gasteiger partial charge in [0.1, 0.15) is 0 Å². The van der Waals surface area contributed by atoms with E-state index < -0.39 is 0 Å². The maximum atomic E-state index is 3.73. The van der Waals surface area contributed by atoms with Crippen molar-refractivity contribution >= 4 is 0 Å². The molecular weight excluding hydrogens is 218 g/mol. The van der Waals surface area contributed by atoms with Gasteiger partial charge in [0.05, 0.1) is 0 Å². The molecule has 0 bridgehead atoms. The number of rotatable bonds is 6. The average Bonchev–Trinajstić information content (AvgIpc) is 3.21.